The number of rotatable bonds is 49. The molecule has 4 aliphatic heterocycles. The molecule has 0 saturated heterocycles. The predicted octanol–water partition coefficient (Wildman–Crippen LogP) is 27.6. The maximum absolute atomic E-state index is 13.6. The van der Waals surface area contributed by atoms with Crippen LogP contribution in [0.4, 0.5) is 0 Å². The van der Waals surface area contributed by atoms with E-state index in [1.807, 2.05) is 12.1 Å². The number of aromatic hydroxyl groups is 1. The van der Waals surface area contributed by atoms with E-state index in [0.29, 0.717) is 63.2 Å². The summed E-state index contributed by atoms with van der Waals surface area (Å²) in [6, 6.07) is 40.9. The van der Waals surface area contributed by atoms with Gasteiger partial charge >= 0.3 is 0 Å². The minimum absolute atomic E-state index is 0.0415. The molecule has 12 rings (SSSR count). The fourth-order valence-corrected chi connectivity index (χ4v) is 17.7. The Hall–Kier alpha value is -7.86. The molecule has 7 aromatic rings. The zero-order valence-corrected chi connectivity index (χ0v) is 67.0. The zero-order chi connectivity index (χ0) is 75.0. The average molecular weight is 1490 g/mol. The number of ether oxygens (including phenoxy) is 11. The van der Waals surface area contributed by atoms with Crippen LogP contribution in [0, 0.1) is 0 Å². The van der Waals surface area contributed by atoms with Crippen molar-refractivity contribution in [2.45, 2.75) is 328 Å². The Morgan fingerprint density at radius 3 is 0.642 bits per heavy atom. The average Bonchev–Trinajstić information content (AvgIpc) is 0.723. The van der Waals surface area contributed by atoms with Gasteiger partial charge in [-0.1, -0.05) is 350 Å². The highest BCUT2D eigenvalue weighted by atomic mass is 16.7. The minimum Gasteiger partial charge on any atom is -0.502 e. The molecule has 109 heavy (non-hydrogen) atoms. The molecule has 0 fully saturated rings. The molecule has 590 valence electrons. The van der Waals surface area contributed by atoms with Gasteiger partial charge in [0.2, 0.25) is 50.2 Å². The summed E-state index contributed by atoms with van der Waals surface area (Å²) >= 11 is 0. The van der Waals surface area contributed by atoms with Crippen LogP contribution >= 0.6 is 0 Å². The highest BCUT2D eigenvalue weighted by Gasteiger charge is 2.43. The molecule has 12 nitrogen and oxygen atoms in total. The van der Waals surface area contributed by atoms with Crippen molar-refractivity contribution in [1.82, 2.24) is 0 Å². The second-order valence-corrected chi connectivity index (χ2v) is 31.8. The van der Waals surface area contributed by atoms with Crippen molar-refractivity contribution >= 4 is 0 Å². The van der Waals surface area contributed by atoms with Crippen LogP contribution in [-0.2, 0) is 19.8 Å². The second kappa shape index (κ2) is 43.7. The molecule has 0 radical (unpaired) electrons. The van der Waals surface area contributed by atoms with Gasteiger partial charge in [0.25, 0.3) is 0 Å². The highest BCUT2D eigenvalue weighted by Crippen LogP contribution is 2.63. The van der Waals surface area contributed by atoms with Crippen molar-refractivity contribution < 1.29 is 57.2 Å². The number of unbranched alkanes of at least 4 members (excludes halogenated alkanes) is 32. The van der Waals surface area contributed by atoms with Crippen molar-refractivity contribution in [3.63, 3.8) is 0 Å². The summed E-state index contributed by atoms with van der Waals surface area (Å²) < 4.78 is 79.9. The zero-order valence-electron chi connectivity index (χ0n) is 67.0. The van der Waals surface area contributed by atoms with Crippen molar-refractivity contribution in [2.75, 3.05) is 27.2 Å². The number of phenols is 1. The first-order valence-corrected chi connectivity index (χ1v) is 43.5. The number of hydrogen-bond donors (Lipinski definition) is 1. The maximum atomic E-state index is 13.6. The van der Waals surface area contributed by atoms with E-state index in [-0.39, 0.29) is 76.4 Å². The fraction of sp³-hybridized carbons (Fsp3) is 0.567. The maximum Gasteiger partial charge on any atom is 0.231 e. The summed E-state index contributed by atoms with van der Waals surface area (Å²) in [5.41, 5.74) is 10.8. The third-order valence-electron chi connectivity index (χ3n) is 23.7. The van der Waals surface area contributed by atoms with Crippen LogP contribution in [0.15, 0.2) is 115 Å². The Morgan fingerprint density at radius 1 is 0.248 bits per heavy atom. The number of hydrogen-bond acceptors (Lipinski definition) is 12. The van der Waals surface area contributed by atoms with E-state index in [1.54, 1.807) is 0 Å². The molecule has 4 heterocycles. The standard InChI is InChI=1S/C97H130O12/c1-5-9-13-17-21-25-29-33-46-56-74-78-60-79-75(57-47-34-30-26-22-18-14-10-6-2)81-62-83-77(59-49-36-32-28-24-20-16-12-8-4)85-63-84-76(58-48-35-31-27-23-19-15-11-7-3)82-61-80(74)89-95(99-64-71-50-40-37-41-51-71)91(82)106-69-108-93(84)97(101-66-73-54-44-39-45-55-73)94(85)109-70-107-92(83)96(100-65-72-52-42-38-43-53-72)90(81)105-68-103-88(79)86(98)87(78)102-67-104-89/h37-45,50-55,60-63,74-77,98H,5-36,46-49,56-59,64-70H2,1-4H3. The van der Waals surface area contributed by atoms with Gasteiger partial charge in [0.05, 0.1) is 0 Å². The van der Waals surface area contributed by atoms with Crippen LogP contribution in [0.2, 0.25) is 0 Å². The second-order valence-electron chi connectivity index (χ2n) is 31.8. The Balaban J connectivity index is 1.13. The van der Waals surface area contributed by atoms with Crippen molar-refractivity contribution in [1.29, 1.82) is 0 Å². The summed E-state index contributed by atoms with van der Waals surface area (Å²) in [7, 11) is 0. The molecule has 7 aromatic carbocycles. The lowest BCUT2D eigenvalue weighted by Crippen LogP contribution is -2.24. The molecule has 0 amide bonds. The molecule has 12 heteroatoms. The molecule has 1 aliphatic carbocycles. The normalized spacial score (nSPS) is 16.3. The van der Waals surface area contributed by atoms with Gasteiger partial charge in [-0.3, -0.25) is 0 Å². The highest BCUT2D eigenvalue weighted by molar-refractivity contribution is 5.73. The first-order valence-electron chi connectivity index (χ1n) is 43.5. The van der Waals surface area contributed by atoms with Gasteiger partial charge in [-0.2, -0.15) is 0 Å². The van der Waals surface area contributed by atoms with E-state index in [9.17, 15) is 5.11 Å². The first kappa shape index (κ1) is 80.7. The topological polar surface area (TPSA) is 122 Å². The minimum atomic E-state index is -0.356. The Kier molecular flexibility index (Phi) is 32.3. The van der Waals surface area contributed by atoms with Gasteiger partial charge in [-0.15, -0.1) is 0 Å². The van der Waals surface area contributed by atoms with E-state index in [1.165, 1.54) is 154 Å². The molecule has 4 unspecified atom stereocenters. The summed E-state index contributed by atoms with van der Waals surface area (Å²) in [6.07, 6.45) is 45.7. The summed E-state index contributed by atoms with van der Waals surface area (Å²) in [5.74, 6) is 4.48. The number of benzene rings is 7. The van der Waals surface area contributed by atoms with Gasteiger partial charge in [-0.05, 0) is 66.6 Å². The van der Waals surface area contributed by atoms with Crippen LogP contribution < -0.4 is 52.1 Å². The van der Waals surface area contributed by atoms with Crippen LogP contribution in [-0.4, -0.2) is 32.3 Å². The van der Waals surface area contributed by atoms with E-state index in [2.05, 4.69) is 131 Å². The summed E-state index contributed by atoms with van der Waals surface area (Å²) in [6.45, 7) is 9.19. The third-order valence-corrected chi connectivity index (χ3v) is 23.7. The van der Waals surface area contributed by atoms with Crippen molar-refractivity contribution in [3.8, 4) is 69.0 Å². The van der Waals surface area contributed by atoms with Crippen LogP contribution in [0.5, 0.6) is 69.0 Å². The molecule has 5 aliphatic rings. The molecule has 0 saturated carbocycles. The van der Waals surface area contributed by atoms with E-state index in [4.69, 9.17) is 52.1 Å². The molecular weight excluding hydrogens is 1360 g/mol. The van der Waals surface area contributed by atoms with Crippen molar-refractivity contribution in [2.24, 2.45) is 0 Å². The van der Waals surface area contributed by atoms with E-state index >= 15 is 0 Å². The van der Waals surface area contributed by atoms with Gasteiger partial charge < -0.3 is 57.2 Å². The van der Waals surface area contributed by atoms with E-state index < -0.39 is 0 Å². The van der Waals surface area contributed by atoms with Crippen LogP contribution in [0.1, 0.15) is 369 Å². The van der Waals surface area contributed by atoms with Gasteiger partial charge in [0, 0.05) is 68.2 Å². The molecule has 8 bridgehead atoms. The Morgan fingerprint density at radius 2 is 0.431 bits per heavy atom. The third kappa shape index (κ3) is 21.6. The van der Waals surface area contributed by atoms with Crippen molar-refractivity contribution in [3.05, 3.63) is 176 Å². The monoisotopic (exact) mass is 1490 g/mol. The lowest BCUT2D eigenvalue weighted by atomic mass is 9.75. The quantitative estimate of drug-likeness (QED) is 0.0365. The predicted molar refractivity (Wildman–Crippen MR) is 439 cm³/mol. The van der Waals surface area contributed by atoms with Gasteiger partial charge in [0.15, 0.2) is 46.0 Å². The summed E-state index contributed by atoms with van der Waals surface area (Å²) in [4.78, 5) is 0. The lowest BCUT2D eigenvalue weighted by Gasteiger charge is -2.37. The first-order chi connectivity index (χ1) is 54.0. The Bertz CT molecular complexity index is 3630. The molecule has 0 aromatic heterocycles. The molecule has 1 N–H and O–H groups in total. The SMILES string of the molecule is CCCCCCCCCCCC1c2cc3c4c(O)c2OCOc2c1cc1c(c2OCc2ccccc2)OCOc2c(cc5c(c2OCc2ccccc2)OCOc2c(cc(c(c2OCc2ccccc2)OCO4)C3CCCCCCCCCCC)C5CCCCCCCCCCC)C1CCCCCCCCCCC. The summed E-state index contributed by atoms with van der Waals surface area (Å²) in [5, 5.41) is 13.6. The molecular formula is C97H130O12. The van der Waals surface area contributed by atoms with Gasteiger partial charge in [-0.25, -0.2) is 0 Å². The van der Waals surface area contributed by atoms with Crippen LogP contribution in [0.3, 0.4) is 0 Å². The fourth-order valence-electron chi connectivity index (χ4n) is 17.7. The van der Waals surface area contributed by atoms with Crippen LogP contribution in [0.25, 0.3) is 0 Å². The molecule has 0 spiro atoms. The largest absolute Gasteiger partial charge is 0.502 e. The Labute approximate surface area is 654 Å². The van der Waals surface area contributed by atoms with E-state index in [0.717, 1.165) is 164 Å². The van der Waals surface area contributed by atoms with Gasteiger partial charge in [0.1, 0.15) is 19.8 Å². The lowest BCUT2D eigenvalue weighted by molar-refractivity contribution is 0.0823. The molecule has 4 atom stereocenters. The smallest absolute Gasteiger partial charge is 0.231 e. The number of phenolic OH excluding ortho intramolecular Hbond substituents is 1.